The molecule has 0 bridgehead atoms. The van der Waals surface area contributed by atoms with Gasteiger partial charge in [-0.3, -0.25) is 14.3 Å². The zero-order valence-corrected chi connectivity index (χ0v) is 16.0. The van der Waals surface area contributed by atoms with Crippen LogP contribution in [-0.2, 0) is 12.6 Å². The minimum absolute atomic E-state index is 0.155. The van der Waals surface area contributed by atoms with Crippen LogP contribution in [0.1, 0.15) is 17.6 Å². The molecular formula is C21H13F5N4O2. The first-order valence-electron chi connectivity index (χ1n) is 9.18. The highest BCUT2D eigenvalue weighted by atomic mass is 19.4. The van der Waals surface area contributed by atoms with Crippen LogP contribution < -0.4 is 5.56 Å². The molecule has 3 heterocycles. The van der Waals surface area contributed by atoms with E-state index in [4.69, 9.17) is 0 Å². The highest BCUT2D eigenvalue weighted by Gasteiger charge is 2.37. The van der Waals surface area contributed by atoms with Crippen molar-refractivity contribution in [1.29, 1.82) is 0 Å². The number of aromatic hydroxyl groups is 1. The number of fused-ring (bicyclic) bond motifs is 1. The van der Waals surface area contributed by atoms with Gasteiger partial charge in [0.1, 0.15) is 17.3 Å². The van der Waals surface area contributed by atoms with Gasteiger partial charge in [-0.05, 0) is 35.9 Å². The lowest BCUT2D eigenvalue weighted by Crippen LogP contribution is -2.29. The molecule has 6 nitrogen and oxygen atoms in total. The summed E-state index contributed by atoms with van der Waals surface area (Å²) in [6.45, 7) is 0. The van der Waals surface area contributed by atoms with Gasteiger partial charge in [-0.15, -0.1) is 0 Å². The first-order chi connectivity index (χ1) is 15.2. The van der Waals surface area contributed by atoms with Gasteiger partial charge < -0.3 is 5.11 Å². The molecule has 32 heavy (non-hydrogen) atoms. The van der Waals surface area contributed by atoms with E-state index >= 15 is 4.39 Å². The molecule has 0 aliphatic carbocycles. The number of halogens is 5. The van der Waals surface area contributed by atoms with Crippen molar-refractivity contribution in [3.8, 4) is 17.3 Å². The molecular weight excluding hydrogens is 435 g/mol. The number of pyridine rings is 2. The third-order valence-electron chi connectivity index (χ3n) is 4.66. The van der Waals surface area contributed by atoms with Crippen LogP contribution in [0, 0.1) is 5.82 Å². The summed E-state index contributed by atoms with van der Waals surface area (Å²) in [5.74, 6) is -1.59. The summed E-state index contributed by atoms with van der Waals surface area (Å²) in [4.78, 5) is 24.3. The molecule has 0 fully saturated rings. The van der Waals surface area contributed by atoms with Crippen LogP contribution in [0.25, 0.3) is 22.4 Å². The molecule has 11 heteroatoms. The third kappa shape index (κ3) is 3.88. The molecule has 0 aliphatic rings. The van der Waals surface area contributed by atoms with Gasteiger partial charge in [0, 0.05) is 18.8 Å². The van der Waals surface area contributed by atoms with Crippen LogP contribution in [0.5, 0.6) is 5.75 Å². The van der Waals surface area contributed by atoms with E-state index in [0.717, 1.165) is 24.4 Å². The van der Waals surface area contributed by atoms with Crippen LogP contribution in [0.4, 0.5) is 22.0 Å². The van der Waals surface area contributed by atoms with Gasteiger partial charge >= 0.3 is 6.18 Å². The molecule has 0 amide bonds. The topological polar surface area (TPSA) is 80.9 Å². The Morgan fingerprint density at radius 3 is 2.53 bits per heavy atom. The maximum absolute atomic E-state index is 15.4. The minimum Gasteiger partial charge on any atom is -0.506 e. The Balaban J connectivity index is 2.01. The highest BCUT2D eigenvalue weighted by Crippen LogP contribution is 2.33. The zero-order chi connectivity index (χ0) is 23.0. The van der Waals surface area contributed by atoms with Gasteiger partial charge in [0.05, 0.1) is 10.9 Å². The second kappa shape index (κ2) is 7.98. The molecule has 1 N–H and O–H groups in total. The van der Waals surface area contributed by atoms with Crippen molar-refractivity contribution in [3.05, 3.63) is 82.3 Å². The van der Waals surface area contributed by atoms with E-state index in [1.54, 1.807) is 0 Å². The van der Waals surface area contributed by atoms with Crippen molar-refractivity contribution >= 4 is 10.9 Å². The van der Waals surface area contributed by atoms with Gasteiger partial charge in [-0.1, -0.05) is 12.1 Å². The van der Waals surface area contributed by atoms with Crippen molar-refractivity contribution in [1.82, 2.24) is 19.5 Å². The summed E-state index contributed by atoms with van der Waals surface area (Å²) in [6, 6.07) is 8.54. The molecule has 4 rings (SSSR count). The number of nitrogens with zero attached hydrogens (tertiary/aromatic N) is 4. The lowest BCUT2D eigenvalue weighted by atomic mass is 10.1. The highest BCUT2D eigenvalue weighted by molar-refractivity contribution is 5.82. The Hall–Kier alpha value is -3.89. The number of hydrogen-bond acceptors (Lipinski definition) is 5. The van der Waals surface area contributed by atoms with Crippen LogP contribution >= 0.6 is 0 Å². The van der Waals surface area contributed by atoms with Gasteiger partial charge in [0.25, 0.3) is 5.56 Å². The normalized spacial score (nSPS) is 12.8. The Morgan fingerprint density at radius 1 is 1.06 bits per heavy atom. The molecule has 0 spiro atoms. The molecule has 1 atom stereocenters. The van der Waals surface area contributed by atoms with E-state index < -0.39 is 58.4 Å². The predicted molar refractivity (Wildman–Crippen MR) is 104 cm³/mol. The molecule has 1 unspecified atom stereocenters. The largest absolute Gasteiger partial charge is 0.506 e. The summed E-state index contributed by atoms with van der Waals surface area (Å²) in [5.41, 5.74) is -3.43. The number of benzene rings is 1. The fourth-order valence-corrected chi connectivity index (χ4v) is 3.30. The van der Waals surface area contributed by atoms with E-state index in [-0.39, 0.29) is 11.3 Å². The first-order valence-corrected chi connectivity index (χ1v) is 9.18. The van der Waals surface area contributed by atoms with E-state index in [0.29, 0.717) is 4.57 Å². The first kappa shape index (κ1) is 21.3. The average Bonchev–Trinajstić information content (AvgIpc) is 2.72. The minimum atomic E-state index is -5.00. The van der Waals surface area contributed by atoms with Crippen molar-refractivity contribution in [3.63, 3.8) is 0 Å². The van der Waals surface area contributed by atoms with Crippen LogP contribution in [-0.4, -0.2) is 24.6 Å². The Morgan fingerprint density at radius 2 is 1.84 bits per heavy atom. The Labute approximate surface area is 176 Å². The second-order valence-electron chi connectivity index (χ2n) is 6.80. The lowest BCUT2D eigenvalue weighted by Gasteiger charge is -2.18. The van der Waals surface area contributed by atoms with Gasteiger partial charge in [-0.25, -0.2) is 18.7 Å². The van der Waals surface area contributed by atoms with Crippen molar-refractivity contribution in [2.45, 2.75) is 18.9 Å². The van der Waals surface area contributed by atoms with Crippen molar-refractivity contribution in [2.75, 3.05) is 0 Å². The van der Waals surface area contributed by atoms with E-state index in [9.17, 15) is 27.5 Å². The molecule has 0 aliphatic heterocycles. The summed E-state index contributed by atoms with van der Waals surface area (Å²) in [7, 11) is 0. The predicted octanol–water partition coefficient (Wildman–Crippen LogP) is 4.43. The molecule has 164 valence electrons. The zero-order valence-electron chi connectivity index (χ0n) is 16.0. The summed E-state index contributed by atoms with van der Waals surface area (Å²) >= 11 is 0. The van der Waals surface area contributed by atoms with Crippen LogP contribution in [0.3, 0.4) is 0 Å². The molecule has 4 aromatic rings. The molecule has 1 aromatic carbocycles. The van der Waals surface area contributed by atoms with Crippen molar-refractivity contribution in [2.24, 2.45) is 0 Å². The monoisotopic (exact) mass is 448 g/mol. The quantitative estimate of drug-likeness (QED) is 0.468. The van der Waals surface area contributed by atoms with Crippen LogP contribution in [0.15, 0.2) is 59.7 Å². The summed E-state index contributed by atoms with van der Waals surface area (Å²) < 4.78 is 69.8. The third-order valence-corrected chi connectivity index (χ3v) is 4.66. The van der Waals surface area contributed by atoms with Gasteiger partial charge in [0.15, 0.2) is 17.8 Å². The Kier molecular flexibility index (Phi) is 5.33. The molecule has 0 saturated heterocycles. The smallest absolute Gasteiger partial charge is 0.434 e. The van der Waals surface area contributed by atoms with Crippen LogP contribution in [0.2, 0.25) is 0 Å². The fraction of sp³-hybridized carbons (Fsp3) is 0.143. The second-order valence-corrected chi connectivity index (χ2v) is 6.80. The number of hydrogen-bond donors (Lipinski definition) is 1. The van der Waals surface area contributed by atoms with Gasteiger partial charge in [0.2, 0.25) is 0 Å². The number of rotatable bonds is 4. The summed E-state index contributed by atoms with van der Waals surface area (Å²) in [6.07, 6.45) is -5.74. The molecule has 0 radical (unpaired) electrons. The summed E-state index contributed by atoms with van der Waals surface area (Å²) in [5, 5.41) is 9.23. The standard InChI is InChI=1S/C21H13F5N4O2/c22-12-4-1-3-11(9-12)10-15(23)30-19(17-14(31)5-2-7-27-17)29-13-6-8-28-18(21(24,25)26)16(13)20(30)32/h1-9,15,31H,10H2. The molecule has 3 aromatic heterocycles. The number of aromatic nitrogens is 4. The SMILES string of the molecule is O=c1c2c(C(F)(F)F)nccc2nc(-c2ncccc2O)n1C(F)Cc1cccc(F)c1. The van der Waals surface area contributed by atoms with E-state index in [2.05, 4.69) is 15.0 Å². The fourth-order valence-electron chi connectivity index (χ4n) is 3.30. The van der Waals surface area contributed by atoms with E-state index in [1.807, 2.05) is 0 Å². The van der Waals surface area contributed by atoms with E-state index in [1.165, 1.54) is 30.5 Å². The van der Waals surface area contributed by atoms with Gasteiger partial charge in [-0.2, -0.15) is 13.2 Å². The maximum Gasteiger partial charge on any atom is 0.434 e. The Bertz CT molecular complexity index is 1370. The molecule has 0 saturated carbocycles. The maximum atomic E-state index is 15.4. The number of alkyl halides is 4. The van der Waals surface area contributed by atoms with Crippen molar-refractivity contribution < 1.29 is 27.1 Å². The lowest BCUT2D eigenvalue weighted by molar-refractivity contribution is -0.139. The average molecular weight is 448 g/mol.